The van der Waals surface area contributed by atoms with E-state index >= 15 is 0 Å². The normalized spacial score (nSPS) is 15.8. The number of nitrogens with zero attached hydrogens (tertiary/aromatic N) is 1. The Kier molecular flexibility index (Phi) is 5.99. The quantitative estimate of drug-likeness (QED) is 0.824. The van der Waals surface area contributed by atoms with E-state index in [0.29, 0.717) is 6.54 Å². The number of amides is 1. The first kappa shape index (κ1) is 18.5. The van der Waals surface area contributed by atoms with Crippen molar-refractivity contribution in [3.63, 3.8) is 0 Å². The van der Waals surface area contributed by atoms with E-state index in [2.05, 4.69) is 10.2 Å². The molecule has 3 rings (SSSR count). The molecule has 1 aliphatic rings. The Hall–Kier alpha value is -2.27. The molecule has 5 heteroatoms. The summed E-state index contributed by atoms with van der Waals surface area (Å²) in [5, 5.41) is 3.01. The van der Waals surface area contributed by atoms with Gasteiger partial charge in [-0.25, -0.2) is 0 Å². The highest BCUT2D eigenvalue weighted by molar-refractivity contribution is 5.77. The van der Waals surface area contributed by atoms with Crippen molar-refractivity contribution in [3.05, 3.63) is 53.0 Å². The molecule has 26 heavy (non-hydrogen) atoms. The van der Waals surface area contributed by atoms with E-state index in [1.165, 1.54) is 12.8 Å². The number of nitrogens with one attached hydrogen (secondary N) is 1. The van der Waals surface area contributed by atoms with Crippen molar-refractivity contribution in [2.45, 2.75) is 39.7 Å². The lowest BCUT2D eigenvalue weighted by Crippen LogP contribution is -2.38. The molecule has 1 fully saturated rings. The van der Waals surface area contributed by atoms with Crippen molar-refractivity contribution in [3.8, 4) is 5.75 Å². The lowest BCUT2D eigenvalue weighted by Gasteiger charge is -2.26. The van der Waals surface area contributed by atoms with Crippen LogP contribution < -0.4 is 10.1 Å². The van der Waals surface area contributed by atoms with Gasteiger partial charge < -0.3 is 14.5 Å². The highest BCUT2D eigenvalue weighted by Gasteiger charge is 2.26. The minimum Gasteiger partial charge on any atom is -0.483 e. The molecule has 1 aliphatic heterocycles. The highest BCUT2D eigenvalue weighted by Crippen LogP contribution is 2.26. The number of carbonyl (C=O) groups is 1. The molecular formula is C21H28N2O3. The zero-order valence-electron chi connectivity index (χ0n) is 15.9. The predicted molar refractivity (Wildman–Crippen MR) is 101 cm³/mol. The third-order valence-corrected chi connectivity index (χ3v) is 5.08. The molecule has 0 bridgehead atoms. The van der Waals surface area contributed by atoms with Gasteiger partial charge in [-0.05, 0) is 76.0 Å². The van der Waals surface area contributed by atoms with Crippen LogP contribution in [0.1, 0.15) is 41.5 Å². The van der Waals surface area contributed by atoms with Crippen LogP contribution in [0, 0.1) is 20.8 Å². The fourth-order valence-corrected chi connectivity index (χ4v) is 3.38. The number of likely N-dealkylation sites (tertiary alicyclic amines) is 1. The van der Waals surface area contributed by atoms with E-state index in [1.807, 2.05) is 51.1 Å². The van der Waals surface area contributed by atoms with Crippen molar-refractivity contribution in [1.82, 2.24) is 10.2 Å². The van der Waals surface area contributed by atoms with Crippen LogP contribution in [-0.2, 0) is 4.79 Å². The Morgan fingerprint density at radius 1 is 1.19 bits per heavy atom. The van der Waals surface area contributed by atoms with E-state index in [0.717, 1.165) is 41.5 Å². The third kappa shape index (κ3) is 4.47. The van der Waals surface area contributed by atoms with Gasteiger partial charge in [0.15, 0.2) is 6.61 Å². The van der Waals surface area contributed by atoms with Crippen molar-refractivity contribution in [2.75, 3.05) is 26.2 Å². The summed E-state index contributed by atoms with van der Waals surface area (Å²) in [5.41, 5.74) is 2.23. The molecule has 0 radical (unpaired) electrons. The molecule has 140 valence electrons. The number of hydrogen-bond donors (Lipinski definition) is 1. The Bertz CT molecular complexity index is 747. The van der Waals surface area contributed by atoms with Crippen molar-refractivity contribution in [2.24, 2.45) is 0 Å². The molecule has 1 amide bonds. The van der Waals surface area contributed by atoms with Crippen LogP contribution in [0.2, 0.25) is 0 Å². The number of ether oxygens (including phenoxy) is 1. The SMILES string of the molecule is Cc1ccc(C(CNC(=O)COc2cccc(C)c2C)N2CCCC2)o1. The average Bonchev–Trinajstić information content (AvgIpc) is 3.29. The third-order valence-electron chi connectivity index (χ3n) is 5.08. The Morgan fingerprint density at radius 2 is 1.96 bits per heavy atom. The highest BCUT2D eigenvalue weighted by atomic mass is 16.5. The van der Waals surface area contributed by atoms with E-state index < -0.39 is 0 Å². The van der Waals surface area contributed by atoms with E-state index in [4.69, 9.17) is 9.15 Å². The molecule has 1 saturated heterocycles. The maximum absolute atomic E-state index is 12.3. The molecule has 0 saturated carbocycles. The second-order valence-corrected chi connectivity index (χ2v) is 7.00. The first-order valence-corrected chi connectivity index (χ1v) is 9.30. The summed E-state index contributed by atoms with van der Waals surface area (Å²) in [4.78, 5) is 14.7. The summed E-state index contributed by atoms with van der Waals surface area (Å²) in [6.45, 7) is 8.62. The number of benzene rings is 1. The fraction of sp³-hybridized carbons (Fsp3) is 0.476. The first-order valence-electron chi connectivity index (χ1n) is 9.30. The molecule has 2 aromatic rings. The summed E-state index contributed by atoms with van der Waals surface area (Å²) in [6, 6.07) is 9.94. The molecule has 1 unspecified atom stereocenters. The molecule has 5 nitrogen and oxygen atoms in total. The zero-order valence-corrected chi connectivity index (χ0v) is 15.9. The standard InChI is InChI=1S/C21H28N2O3/c1-15-7-6-8-19(17(15)3)25-14-21(24)22-13-18(23-11-4-5-12-23)20-10-9-16(2)26-20/h6-10,18H,4-5,11-14H2,1-3H3,(H,22,24). The van der Waals surface area contributed by atoms with Gasteiger partial charge in [0, 0.05) is 6.54 Å². The van der Waals surface area contributed by atoms with Gasteiger partial charge in [0.1, 0.15) is 17.3 Å². The summed E-state index contributed by atoms with van der Waals surface area (Å²) >= 11 is 0. The number of carbonyl (C=O) groups excluding carboxylic acids is 1. The topological polar surface area (TPSA) is 54.7 Å². The van der Waals surface area contributed by atoms with Crippen LogP contribution in [0.4, 0.5) is 0 Å². The lowest BCUT2D eigenvalue weighted by molar-refractivity contribution is -0.123. The van der Waals surface area contributed by atoms with Crippen molar-refractivity contribution >= 4 is 5.91 Å². The molecule has 1 N–H and O–H groups in total. The van der Waals surface area contributed by atoms with Gasteiger partial charge in [-0.15, -0.1) is 0 Å². The molecule has 1 aromatic heterocycles. The number of hydrogen-bond acceptors (Lipinski definition) is 4. The van der Waals surface area contributed by atoms with Gasteiger partial charge in [-0.1, -0.05) is 12.1 Å². The van der Waals surface area contributed by atoms with Crippen molar-refractivity contribution in [1.29, 1.82) is 0 Å². The summed E-state index contributed by atoms with van der Waals surface area (Å²) in [5.74, 6) is 2.46. The van der Waals surface area contributed by atoms with Crippen LogP contribution in [0.25, 0.3) is 0 Å². The summed E-state index contributed by atoms with van der Waals surface area (Å²) < 4.78 is 11.5. The van der Waals surface area contributed by atoms with Gasteiger partial charge in [0.2, 0.25) is 0 Å². The summed E-state index contributed by atoms with van der Waals surface area (Å²) in [7, 11) is 0. The van der Waals surface area contributed by atoms with Gasteiger partial charge in [-0.3, -0.25) is 9.69 Å². The smallest absolute Gasteiger partial charge is 0.258 e. The molecular weight excluding hydrogens is 328 g/mol. The molecule has 0 spiro atoms. The van der Waals surface area contributed by atoms with Crippen molar-refractivity contribution < 1.29 is 13.9 Å². The van der Waals surface area contributed by atoms with E-state index in [1.54, 1.807) is 0 Å². The van der Waals surface area contributed by atoms with Gasteiger partial charge >= 0.3 is 0 Å². The van der Waals surface area contributed by atoms with Crippen LogP contribution >= 0.6 is 0 Å². The Morgan fingerprint density at radius 3 is 2.65 bits per heavy atom. The maximum atomic E-state index is 12.3. The monoisotopic (exact) mass is 356 g/mol. The molecule has 0 aliphatic carbocycles. The maximum Gasteiger partial charge on any atom is 0.258 e. The fourth-order valence-electron chi connectivity index (χ4n) is 3.38. The largest absolute Gasteiger partial charge is 0.483 e. The van der Waals surface area contributed by atoms with Gasteiger partial charge in [0.05, 0.1) is 6.04 Å². The number of aryl methyl sites for hydroxylation is 2. The Labute approximate surface area is 155 Å². The van der Waals surface area contributed by atoms with Crippen LogP contribution in [-0.4, -0.2) is 37.0 Å². The second kappa shape index (κ2) is 8.41. The minimum absolute atomic E-state index is 0.0220. The molecule has 1 atom stereocenters. The number of furan rings is 1. The van der Waals surface area contributed by atoms with Crippen LogP contribution in [0.5, 0.6) is 5.75 Å². The van der Waals surface area contributed by atoms with Gasteiger partial charge in [-0.2, -0.15) is 0 Å². The first-order chi connectivity index (χ1) is 12.5. The zero-order chi connectivity index (χ0) is 18.5. The predicted octanol–water partition coefficient (Wildman–Crippen LogP) is 3.54. The van der Waals surface area contributed by atoms with E-state index in [9.17, 15) is 4.79 Å². The van der Waals surface area contributed by atoms with Crippen LogP contribution in [0.15, 0.2) is 34.7 Å². The summed E-state index contributed by atoms with van der Waals surface area (Å²) in [6.07, 6.45) is 2.39. The Balaban J connectivity index is 1.56. The molecule has 1 aromatic carbocycles. The lowest BCUT2D eigenvalue weighted by atomic mass is 10.1. The van der Waals surface area contributed by atoms with Crippen LogP contribution in [0.3, 0.4) is 0 Å². The van der Waals surface area contributed by atoms with Gasteiger partial charge in [0.25, 0.3) is 5.91 Å². The number of rotatable bonds is 7. The van der Waals surface area contributed by atoms with E-state index in [-0.39, 0.29) is 18.6 Å². The molecule has 2 heterocycles. The second-order valence-electron chi connectivity index (χ2n) is 7.00. The average molecular weight is 356 g/mol. The minimum atomic E-state index is -0.113.